The van der Waals surface area contributed by atoms with Gasteiger partial charge in [-0.1, -0.05) is 65.7 Å². The Morgan fingerprint density at radius 2 is 1.50 bits per heavy atom. The summed E-state index contributed by atoms with van der Waals surface area (Å²) in [6.45, 7) is 6.57. The normalized spacial score (nSPS) is 12.7. The fourth-order valence-corrected chi connectivity index (χ4v) is 1.90. The van der Waals surface area contributed by atoms with Crippen molar-refractivity contribution in [3.05, 3.63) is 0 Å². The molecule has 16 heavy (non-hydrogen) atoms. The predicted octanol–water partition coefficient (Wildman–Crippen LogP) is 5.13. The molecule has 0 saturated heterocycles. The van der Waals surface area contributed by atoms with Crippen molar-refractivity contribution in [1.29, 1.82) is 0 Å². The number of carbonyl (C=O) groups is 1. The van der Waals surface area contributed by atoms with E-state index in [0.29, 0.717) is 5.78 Å². The lowest BCUT2D eigenvalue weighted by Gasteiger charge is -2.07. The van der Waals surface area contributed by atoms with Crippen LogP contribution in [0.25, 0.3) is 0 Å². The van der Waals surface area contributed by atoms with E-state index < -0.39 is 0 Å². The van der Waals surface area contributed by atoms with Gasteiger partial charge in [0, 0.05) is 12.8 Å². The van der Waals surface area contributed by atoms with Crippen LogP contribution < -0.4 is 0 Å². The molecule has 1 heteroatoms. The van der Waals surface area contributed by atoms with E-state index in [1.54, 1.807) is 0 Å². The summed E-state index contributed by atoms with van der Waals surface area (Å²) in [6, 6.07) is 0. The van der Waals surface area contributed by atoms with Crippen LogP contribution in [0.1, 0.15) is 85.0 Å². The van der Waals surface area contributed by atoms with Gasteiger partial charge >= 0.3 is 0 Å². The van der Waals surface area contributed by atoms with Crippen molar-refractivity contribution in [1.82, 2.24) is 0 Å². The number of hydrogen-bond donors (Lipinski definition) is 0. The van der Waals surface area contributed by atoms with Crippen LogP contribution in [0, 0.1) is 5.92 Å². The second kappa shape index (κ2) is 11.2. The molecule has 0 spiro atoms. The molecule has 0 aromatic heterocycles. The van der Waals surface area contributed by atoms with Gasteiger partial charge in [0.1, 0.15) is 5.78 Å². The van der Waals surface area contributed by atoms with E-state index in [1.807, 2.05) is 6.92 Å². The van der Waals surface area contributed by atoms with Gasteiger partial charge in [-0.2, -0.15) is 0 Å². The third-order valence-corrected chi connectivity index (χ3v) is 3.49. The molecular formula is C15H30O. The highest BCUT2D eigenvalue weighted by Gasteiger charge is 1.99. The summed E-state index contributed by atoms with van der Waals surface area (Å²) >= 11 is 0. The lowest BCUT2D eigenvalue weighted by molar-refractivity contribution is -0.118. The number of unbranched alkanes of at least 4 members (excludes halogenated alkanes) is 5. The summed E-state index contributed by atoms with van der Waals surface area (Å²) in [5, 5.41) is 0. The Hall–Kier alpha value is -0.330. The zero-order valence-corrected chi connectivity index (χ0v) is 11.6. The van der Waals surface area contributed by atoms with Gasteiger partial charge in [0.25, 0.3) is 0 Å². The summed E-state index contributed by atoms with van der Waals surface area (Å²) in [4.78, 5) is 11.1. The van der Waals surface area contributed by atoms with Gasteiger partial charge in [-0.05, 0) is 12.3 Å². The topological polar surface area (TPSA) is 17.1 Å². The van der Waals surface area contributed by atoms with E-state index >= 15 is 0 Å². The minimum atomic E-state index is 0.428. The Labute approximate surface area is 102 Å². The van der Waals surface area contributed by atoms with Crippen molar-refractivity contribution < 1.29 is 4.79 Å². The highest BCUT2D eigenvalue weighted by atomic mass is 16.1. The Balaban J connectivity index is 3.07. The van der Waals surface area contributed by atoms with Crippen LogP contribution in [0.5, 0.6) is 0 Å². The highest BCUT2D eigenvalue weighted by Crippen LogP contribution is 2.14. The molecule has 0 bridgehead atoms. The summed E-state index contributed by atoms with van der Waals surface area (Å²) in [5.41, 5.74) is 0. The minimum Gasteiger partial charge on any atom is -0.300 e. The van der Waals surface area contributed by atoms with Crippen LogP contribution in [0.15, 0.2) is 0 Å². The van der Waals surface area contributed by atoms with Crippen LogP contribution in [0.2, 0.25) is 0 Å². The van der Waals surface area contributed by atoms with Crippen LogP contribution in [0.4, 0.5) is 0 Å². The molecule has 0 aromatic rings. The molecule has 1 unspecified atom stereocenters. The molecule has 0 heterocycles. The lowest BCUT2D eigenvalue weighted by atomic mass is 9.99. The molecule has 1 nitrogen and oxygen atoms in total. The molecule has 0 aliphatic rings. The standard InChI is InChI=1S/C15H30O/c1-4-14(3)12-10-8-6-7-9-11-13-15(16)5-2/h14H,4-13H2,1-3H3. The quantitative estimate of drug-likeness (QED) is 0.446. The molecule has 1 atom stereocenters. The van der Waals surface area contributed by atoms with Crippen molar-refractivity contribution in [2.45, 2.75) is 85.0 Å². The second-order valence-corrected chi connectivity index (χ2v) is 5.07. The number of Topliss-reactive ketones (excluding diaryl/α,β-unsaturated/α-hetero) is 1. The lowest BCUT2D eigenvalue weighted by Crippen LogP contribution is -1.94. The fourth-order valence-electron chi connectivity index (χ4n) is 1.90. The Kier molecular flexibility index (Phi) is 10.9. The number of ketones is 1. The molecule has 0 aromatic carbocycles. The molecule has 0 saturated carbocycles. The first-order valence-corrected chi connectivity index (χ1v) is 7.22. The van der Waals surface area contributed by atoms with Gasteiger partial charge < -0.3 is 0 Å². The summed E-state index contributed by atoms with van der Waals surface area (Å²) in [5.74, 6) is 1.33. The van der Waals surface area contributed by atoms with Gasteiger partial charge in [-0.3, -0.25) is 4.79 Å². The zero-order chi connectivity index (χ0) is 12.2. The third-order valence-electron chi connectivity index (χ3n) is 3.49. The molecule has 0 amide bonds. The zero-order valence-electron chi connectivity index (χ0n) is 11.6. The van der Waals surface area contributed by atoms with E-state index in [9.17, 15) is 4.79 Å². The maximum Gasteiger partial charge on any atom is 0.132 e. The third kappa shape index (κ3) is 10.2. The largest absolute Gasteiger partial charge is 0.300 e. The van der Waals surface area contributed by atoms with E-state index in [-0.39, 0.29) is 0 Å². The molecular weight excluding hydrogens is 196 g/mol. The number of hydrogen-bond acceptors (Lipinski definition) is 1. The fraction of sp³-hybridized carbons (Fsp3) is 0.933. The van der Waals surface area contributed by atoms with Gasteiger partial charge in [0.2, 0.25) is 0 Å². The number of rotatable bonds is 11. The van der Waals surface area contributed by atoms with Crippen LogP contribution in [-0.4, -0.2) is 5.78 Å². The molecule has 96 valence electrons. The smallest absolute Gasteiger partial charge is 0.132 e. The van der Waals surface area contributed by atoms with Gasteiger partial charge in [-0.15, -0.1) is 0 Å². The molecule has 0 N–H and O–H groups in total. The van der Waals surface area contributed by atoms with E-state index in [1.165, 1.54) is 44.9 Å². The van der Waals surface area contributed by atoms with E-state index in [0.717, 1.165) is 25.2 Å². The highest BCUT2D eigenvalue weighted by molar-refractivity contribution is 5.77. The predicted molar refractivity (Wildman–Crippen MR) is 71.7 cm³/mol. The average molecular weight is 226 g/mol. The molecule has 0 radical (unpaired) electrons. The van der Waals surface area contributed by atoms with Gasteiger partial charge in [0.05, 0.1) is 0 Å². The second-order valence-electron chi connectivity index (χ2n) is 5.07. The van der Waals surface area contributed by atoms with Crippen molar-refractivity contribution in [3.8, 4) is 0 Å². The maximum absolute atomic E-state index is 11.1. The number of carbonyl (C=O) groups excluding carboxylic acids is 1. The first-order valence-electron chi connectivity index (χ1n) is 7.22. The SMILES string of the molecule is CCC(=O)CCCCCCCCC(C)CC. The Morgan fingerprint density at radius 1 is 0.938 bits per heavy atom. The van der Waals surface area contributed by atoms with Crippen molar-refractivity contribution >= 4 is 5.78 Å². The summed E-state index contributed by atoms with van der Waals surface area (Å²) in [6.07, 6.45) is 12.0. The minimum absolute atomic E-state index is 0.428. The molecule has 0 rings (SSSR count). The summed E-state index contributed by atoms with van der Waals surface area (Å²) < 4.78 is 0. The van der Waals surface area contributed by atoms with E-state index in [2.05, 4.69) is 13.8 Å². The first kappa shape index (κ1) is 15.7. The summed E-state index contributed by atoms with van der Waals surface area (Å²) in [7, 11) is 0. The molecule has 0 aliphatic carbocycles. The van der Waals surface area contributed by atoms with Crippen molar-refractivity contribution in [3.63, 3.8) is 0 Å². The van der Waals surface area contributed by atoms with Crippen LogP contribution >= 0.6 is 0 Å². The first-order chi connectivity index (χ1) is 7.70. The molecule has 0 aliphatic heterocycles. The van der Waals surface area contributed by atoms with E-state index in [4.69, 9.17) is 0 Å². The maximum atomic E-state index is 11.1. The van der Waals surface area contributed by atoms with Gasteiger partial charge in [0.15, 0.2) is 0 Å². The van der Waals surface area contributed by atoms with Crippen molar-refractivity contribution in [2.24, 2.45) is 5.92 Å². The molecule has 0 fully saturated rings. The monoisotopic (exact) mass is 226 g/mol. The average Bonchev–Trinajstić information content (AvgIpc) is 2.31. The van der Waals surface area contributed by atoms with Crippen LogP contribution in [-0.2, 0) is 4.79 Å². The Morgan fingerprint density at radius 3 is 2.06 bits per heavy atom. The Bertz CT molecular complexity index is 163. The van der Waals surface area contributed by atoms with Gasteiger partial charge in [-0.25, -0.2) is 0 Å². The van der Waals surface area contributed by atoms with Crippen LogP contribution in [0.3, 0.4) is 0 Å². The van der Waals surface area contributed by atoms with Crippen molar-refractivity contribution in [2.75, 3.05) is 0 Å².